The van der Waals surface area contributed by atoms with Gasteiger partial charge < -0.3 is 14.7 Å². The summed E-state index contributed by atoms with van der Waals surface area (Å²) in [7, 11) is 3.90. The van der Waals surface area contributed by atoms with Crippen molar-refractivity contribution in [3.8, 4) is 0 Å². The van der Waals surface area contributed by atoms with Gasteiger partial charge in [-0.25, -0.2) is 9.97 Å². The Labute approximate surface area is 161 Å². The van der Waals surface area contributed by atoms with Gasteiger partial charge in [0.05, 0.1) is 23.5 Å². The Kier molecular flexibility index (Phi) is 5.70. The van der Waals surface area contributed by atoms with Crippen LogP contribution < -0.4 is 4.90 Å². The van der Waals surface area contributed by atoms with Crippen LogP contribution >= 0.6 is 0 Å². The Morgan fingerprint density at radius 1 is 1.11 bits per heavy atom. The lowest BCUT2D eigenvalue weighted by Gasteiger charge is -2.32. The van der Waals surface area contributed by atoms with E-state index in [2.05, 4.69) is 31.8 Å². The van der Waals surface area contributed by atoms with Crippen molar-refractivity contribution >= 4 is 11.9 Å². The maximum Gasteiger partial charge on any atom is 0.257 e. The number of piperazine rings is 1. The number of anilines is 1. The molecule has 0 saturated carbocycles. The molecule has 0 aromatic carbocycles. The highest BCUT2D eigenvalue weighted by Crippen LogP contribution is 2.16. The van der Waals surface area contributed by atoms with E-state index in [1.807, 2.05) is 32.9 Å². The summed E-state index contributed by atoms with van der Waals surface area (Å²) in [4.78, 5) is 32.6. The summed E-state index contributed by atoms with van der Waals surface area (Å²) in [6, 6.07) is 4.04. The predicted molar refractivity (Wildman–Crippen MR) is 106 cm³/mol. The highest BCUT2D eigenvalue weighted by molar-refractivity contribution is 5.94. The zero-order valence-corrected chi connectivity index (χ0v) is 16.9. The number of hydrogen-bond donors (Lipinski definition) is 0. The topological polar surface area (TPSA) is 65.5 Å². The lowest BCUT2D eigenvalue weighted by Crippen LogP contribution is -2.45. The number of carbonyl (C=O) groups excluding carboxylic acids is 1. The molecule has 1 fully saturated rings. The number of rotatable bonds is 4. The minimum Gasteiger partial charge on any atom is -0.338 e. The molecule has 1 amide bonds. The first-order valence-electron chi connectivity index (χ1n) is 9.30. The van der Waals surface area contributed by atoms with Crippen LogP contribution in [0, 0.1) is 20.8 Å². The molecule has 1 aliphatic rings. The minimum absolute atomic E-state index is 0.0848. The zero-order valence-electron chi connectivity index (χ0n) is 16.9. The molecule has 3 rings (SSSR count). The molecule has 27 heavy (non-hydrogen) atoms. The van der Waals surface area contributed by atoms with Gasteiger partial charge in [-0.2, -0.15) is 0 Å². The summed E-state index contributed by atoms with van der Waals surface area (Å²) >= 11 is 0. The van der Waals surface area contributed by atoms with Crippen molar-refractivity contribution in [1.82, 2.24) is 24.8 Å². The monoisotopic (exact) mass is 368 g/mol. The standard InChI is InChI=1S/C20H28N6O/c1-14-10-15(2)22-17(11-14)13-25(5)19(27)18-12-21-20(23-16(18)3)26-8-6-24(4)7-9-26/h10-12H,6-9,13H2,1-5H3. The summed E-state index contributed by atoms with van der Waals surface area (Å²) in [6.45, 7) is 10.1. The largest absolute Gasteiger partial charge is 0.338 e. The molecule has 144 valence electrons. The van der Waals surface area contributed by atoms with Crippen LogP contribution in [0.4, 0.5) is 5.95 Å². The lowest BCUT2D eigenvalue weighted by molar-refractivity contribution is 0.0781. The van der Waals surface area contributed by atoms with Gasteiger partial charge in [0, 0.05) is 45.1 Å². The summed E-state index contributed by atoms with van der Waals surface area (Å²) in [5.41, 5.74) is 4.25. The molecular formula is C20H28N6O. The van der Waals surface area contributed by atoms with Crippen LogP contribution in [-0.4, -0.2) is 70.9 Å². The van der Waals surface area contributed by atoms with E-state index >= 15 is 0 Å². The third-order valence-corrected chi connectivity index (χ3v) is 4.88. The van der Waals surface area contributed by atoms with Crippen molar-refractivity contribution in [3.05, 3.63) is 46.5 Å². The Balaban J connectivity index is 1.72. The van der Waals surface area contributed by atoms with Gasteiger partial charge >= 0.3 is 0 Å². The van der Waals surface area contributed by atoms with Crippen molar-refractivity contribution in [3.63, 3.8) is 0 Å². The third kappa shape index (κ3) is 4.60. The predicted octanol–water partition coefficient (Wildman–Crippen LogP) is 1.82. The molecule has 1 aliphatic heterocycles. The molecule has 7 nitrogen and oxygen atoms in total. The first-order chi connectivity index (χ1) is 12.8. The van der Waals surface area contributed by atoms with Crippen molar-refractivity contribution in [2.45, 2.75) is 27.3 Å². The average Bonchev–Trinajstić information content (AvgIpc) is 2.60. The number of hydrogen-bond acceptors (Lipinski definition) is 6. The van der Waals surface area contributed by atoms with Crippen molar-refractivity contribution < 1.29 is 4.79 Å². The first kappa shape index (κ1) is 19.2. The Bertz CT molecular complexity index is 809. The van der Waals surface area contributed by atoms with Crippen molar-refractivity contribution in [1.29, 1.82) is 0 Å². The summed E-state index contributed by atoms with van der Waals surface area (Å²) in [5.74, 6) is 0.620. The number of aromatic nitrogens is 3. The van der Waals surface area contributed by atoms with E-state index < -0.39 is 0 Å². The quantitative estimate of drug-likeness (QED) is 0.820. The second kappa shape index (κ2) is 8.00. The van der Waals surface area contributed by atoms with Gasteiger partial charge in [0.25, 0.3) is 5.91 Å². The van der Waals surface area contributed by atoms with E-state index in [4.69, 9.17) is 0 Å². The van der Waals surface area contributed by atoms with Gasteiger partial charge in [-0.3, -0.25) is 9.78 Å². The Morgan fingerprint density at radius 2 is 1.81 bits per heavy atom. The van der Waals surface area contributed by atoms with Gasteiger partial charge in [0.1, 0.15) is 0 Å². The zero-order chi connectivity index (χ0) is 19.6. The molecule has 0 unspecified atom stereocenters. The summed E-state index contributed by atoms with van der Waals surface area (Å²) in [5, 5.41) is 0. The molecular weight excluding hydrogens is 340 g/mol. The van der Waals surface area contributed by atoms with Crippen LogP contribution in [0.15, 0.2) is 18.3 Å². The van der Waals surface area contributed by atoms with Gasteiger partial charge in [-0.15, -0.1) is 0 Å². The molecule has 0 aliphatic carbocycles. The molecule has 3 heterocycles. The normalized spacial score (nSPS) is 15.1. The molecule has 2 aromatic rings. The molecule has 0 bridgehead atoms. The lowest BCUT2D eigenvalue weighted by atomic mass is 10.2. The van der Waals surface area contributed by atoms with Crippen LogP contribution in [-0.2, 0) is 6.54 Å². The Morgan fingerprint density at radius 3 is 2.44 bits per heavy atom. The van der Waals surface area contributed by atoms with Gasteiger partial charge in [-0.05, 0) is 45.5 Å². The number of pyridine rings is 1. The minimum atomic E-state index is -0.0848. The Hall–Kier alpha value is -2.54. The van der Waals surface area contributed by atoms with Gasteiger partial charge in [0.2, 0.25) is 5.95 Å². The molecule has 0 radical (unpaired) electrons. The van der Waals surface area contributed by atoms with E-state index in [9.17, 15) is 4.79 Å². The van der Waals surface area contributed by atoms with E-state index in [-0.39, 0.29) is 5.91 Å². The number of likely N-dealkylation sites (N-methyl/N-ethyl adjacent to an activating group) is 1. The number of amides is 1. The molecule has 7 heteroatoms. The van der Waals surface area contributed by atoms with E-state index in [1.165, 1.54) is 0 Å². The number of carbonyl (C=O) groups is 1. The maximum atomic E-state index is 12.9. The fourth-order valence-corrected chi connectivity index (χ4v) is 3.35. The molecule has 0 atom stereocenters. The highest BCUT2D eigenvalue weighted by Gasteiger charge is 2.20. The van der Waals surface area contributed by atoms with Crippen LogP contribution in [0.3, 0.4) is 0 Å². The van der Waals surface area contributed by atoms with Crippen LogP contribution in [0.5, 0.6) is 0 Å². The number of aryl methyl sites for hydroxylation is 3. The van der Waals surface area contributed by atoms with Crippen LogP contribution in [0.25, 0.3) is 0 Å². The van der Waals surface area contributed by atoms with Gasteiger partial charge in [0.15, 0.2) is 0 Å². The molecule has 0 N–H and O–H groups in total. The SMILES string of the molecule is Cc1cc(C)nc(CN(C)C(=O)c2cnc(N3CCN(C)CC3)nc2C)c1. The second-order valence-corrected chi connectivity index (χ2v) is 7.40. The average molecular weight is 368 g/mol. The van der Waals surface area contributed by atoms with Crippen LogP contribution in [0.1, 0.15) is 33.0 Å². The van der Waals surface area contributed by atoms with E-state index in [0.29, 0.717) is 23.8 Å². The smallest absolute Gasteiger partial charge is 0.257 e. The van der Waals surface area contributed by atoms with Crippen LogP contribution in [0.2, 0.25) is 0 Å². The van der Waals surface area contributed by atoms with E-state index in [0.717, 1.165) is 43.1 Å². The fourth-order valence-electron chi connectivity index (χ4n) is 3.35. The molecule has 1 saturated heterocycles. The summed E-state index contributed by atoms with van der Waals surface area (Å²) in [6.07, 6.45) is 1.66. The first-order valence-corrected chi connectivity index (χ1v) is 9.30. The van der Waals surface area contributed by atoms with Crippen molar-refractivity contribution in [2.24, 2.45) is 0 Å². The third-order valence-electron chi connectivity index (χ3n) is 4.88. The van der Waals surface area contributed by atoms with Gasteiger partial charge in [-0.1, -0.05) is 0 Å². The number of nitrogens with zero attached hydrogens (tertiary/aromatic N) is 6. The molecule has 0 spiro atoms. The molecule has 2 aromatic heterocycles. The summed E-state index contributed by atoms with van der Waals surface area (Å²) < 4.78 is 0. The highest BCUT2D eigenvalue weighted by atomic mass is 16.2. The fraction of sp³-hybridized carbons (Fsp3) is 0.500. The van der Waals surface area contributed by atoms with E-state index in [1.54, 1.807) is 18.1 Å². The second-order valence-electron chi connectivity index (χ2n) is 7.40. The van der Waals surface area contributed by atoms with Crippen molar-refractivity contribution in [2.75, 3.05) is 45.2 Å². The maximum absolute atomic E-state index is 12.9.